The normalized spacial score (nSPS) is 21.2. The number of nitrogens with zero attached hydrogens (tertiary/aromatic N) is 1. The van der Waals surface area contributed by atoms with Gasteiger partial charge in [-0.05, 0) is 38.3 Å². The van der Waals surface area contributed by atoms with Gasteiger partial charge in [-0.15, -0.1) is 11.3 Å². The van der Waals surface area contributed by atoms with Gasteiger partial charge in [-0.2, -0.15) is 0 Å². The predicted octanol–water partition coefficient (Wildman–Crippen LogP) is 2.97. The maximum atomic E-state index is 12.4. The Balaban J connectivity index is 2.15. The van der Waals surface area contributed by atoms with E-state index in [1.807, 2.05) is 6.07 Å². The van der Waals surface area contributed by atoms with Crippen molar-refractivity contribution in [3.8, 4) is 0 Å². The van der Waals surface area contributed by atoms with Gasteiger partial charge in [-0.1, -0.05) is 11.6 Å². The zero-order chi connectivity index (χ0) is 14.0. The van der Waals surface area contributed by atoms with Gasteiger partial charge in [0, 0.05) is 11.4 Å². The summed E-state index contributed by atoms with van der Waals surface area (Å²) in [7, 11) is 0. The molecular formula is C13H16ClNO3S. The summed E-state index contributed by atoms with van der Waals surface area (Å²) in [6.45, 7) is 2.33. The summed E-state index contributed by atoms with van der Waals surface area (Å²) < 4.78 is 0.642. The second-order valence-electron chi connectivity index (χ2n) is 4.75. The van der Waals surface area contributed by atoms with Crippen LogP contribution in [0.3, 0.4) is 0 Å². The lowest BCUT2D eigenvalue weighted by Crippen LogP contribution is -2.49. The molecule has 4 nitrogen and oxygen atoms in total. The van der Waals surface area contributed by atoms with Crippen molar-refractivity contribution in [1.82, 2.24) is 4.90 Å². The van der Waals surface area contributed by atoms with Gasteiger partial charge in [0.05, 0.1) is 10.3 Å². The maximum absolute atomic E-state index is 12.4. The first-order chi connectivity index (χ1) is 9.00. The standard InChI is InChI=1S/C13H16ClNO3S/c1-8(10-5-6-11(14)19-10)12(16)15-7-3-2-4-9(15)13(17)18/h5-6,8-9H,2-4,7H2,1H3,(H,17,18)/t8?,9-/m1/s1. The van der Waals surface area contributed by atoms with Crippen LogP contribution in [0.2, 0.25) is 4.34 Å². The molecule has 0 radical (unpaired) electrons. The number of carbonyl (C=O) groups is 2. The second-order valence-corrected chi connectivity index (χ2v) is 6.49. The molecule has 1 aliphatic heterocycles. The van der Waals surface area contributed by atoms with Gasteiger partial charge >= 0.3 is 5.97 Å². The Morgan fingerprint density at radius 2 is 2.21 bits per heavy atom. The highest BCUT2D eigenvalue weighted by Gasteiger charge is 2.34. The number of aliphatic carboxylic acids is 1. The quantitative estimate of drug-likeness (QED) is 0.934. The highest BCUT2D eigenvalue weighted by Crippen LogP contribution is 2.30. The molecule has 2 rings (SSSR count). The van der Waals surface area contributed by atoms with Crippen molar-refractivity contribution in [2.45, 2.75) is 38.1 Å². The van der Waals surface area contributed by atoms with Gasteiger partial charge < -0.3 is 10.0 Å². The van der Waals surface area contributed by atoms with E-state index in [-0.39, 0.29) is 11.8 Å². The van der Waals surface area contributed by atoms with Crippen molar-refractivity contribution in [2.24, 2.45) is 0 Å². The molecule has 1 aliphatic rings. The van der Waals surface area contributed by atoms with Crippen LogP contribution in [0.15, 0.2) is 12.1 Å². The molecule has 6 heteroatoms. The number of rotatable bonds is 3. The number of hydrogen-bond acceptors (Lipinski definition) is 3. The third-order valence-corrected chi connectivity index (χ3v) is 4.88. The summed E-state index contributed by atoms with van der Waals surface area (Å²) in [6, 6.07) is 2.91. The van der Waals surface area contributed by atoms with Gasteiger partial charge in [-0.3, -0.25) is 4.79 Å². The van der Waals surface area contributed by atoms with Crippen LogP contribution in [0.25, 0.3) is 0 Å². The molecule has 0 spiro atoms. The molecule has 1 amide bonds. The Hall–Kier alpha value is -1.07. The number of thiophene rings is 1. The van der Waals surface area contributed by atoms with Crippen molar-refractivity contribution in [2.75, 3.05) is 6.54 Å². The molecule has 1 unspecified atom stereocenters. The topological polar surface area (TPSA) is 57.6 Å². The minimum Gasteiger partial charge on any atom is -0.480 e. The number of carboxylic acids is 1. The zero-order valence-electron chi connectivity index (χ0n) is 10.6. The van der Waals surface area contributed by atoms with E-state index >= 15 is 0 Å². The highest BCUT2D eigenvalue weighted by molar-refractivity contribution is 7.16. The van der Waals surface area contributed by atoms with Crippen LogP contribution in [0.5, 0.6) is 0 Å². The molecule has 0 bridgehead atoms. The third kappa shape index (κ3) is 3.09. The molecule has 0 aromatic carbocycles. The lowest BCUT2D eigenvalue weighted by Gasteiger charge is -2.34. The maximum Gasteiger partial charge on any atom is 0.326 e. The van der Waals surface area contributed by atoms with E-state index in [1.165, 1.54) is 16.2 Å². The number of piperidine rings is 1. The van der Waals surface area contributed by atoms with Gasteiger partial charge in [0.1, 0.15) is 6.04 Å². The number of amides is 1. The van der Waals surface area contributed by atoms with Crippen molar-refractivity contribution in [3.63, 3.8) is 0 Å². The van der Waals surface area contributed by atoms with Crippen LogP contribution >= 0.6 is 22.9 Å². The Kier molecular flexibility index (Phi) is 4.47. The molecule has 0 saturated carbocycles. The Bertz CT molecular complexity index is 488. The molecule has 2 atom stereocenters. The zero-order valence-corrected chi connectivity index (χ0v) is 12.2. The summed E-state index contributed by atoms with van der Waals surface area (Å²) in [4.78, 5) is 26.1. The SMILES string of the molecule is CC(C(=O)N1CCCC[C@@H]1C(=O)O)c1ccc(Cl)s1. The van der Waals surface area contributed by atoms with E-state index in [1.54, 1.807) is 13.0 Å². The number of likely N-dealkylation sites (tertiary alicyclic amines) is 1. The third-order valence-electron chi connectivity index (χ3n) is 3.46. The van der Waals surface area contributed by atoms with Crippen LogP contribution in [-0.2, 0) is 9.59 Å². The van der Waals surface area contributed by atoms with Crippen LogP contribution in [0.4, 0.5) is 0 Å². The molecule has 0 aliphatic carbocycles. The number of halogens is 1. The molecule has 1 N–H and O–H groups in total. The molecule has 1 aromatic heterocycles. The van der Waals surface area contributed by atoms with E-state index in [0.717, 1.165) is 17.7 Å². The first-order valence-electron chi connectivity index (χ1n) is 6.29. The van der Waals surface area contributed by atoms with Crippen LogP contribution in [-0.4, -0.2) is 34.5 Å². The molecule has 1 saturated heterocycles. The Labute approximate surface area is 121 Å². The lowest BCUT2D eigenvalue weighted by atomic mass is 9.99. The highest BCUT2D eigenvalue weighted by atomic mass is 35.5. The number of carbonyl (C=O) groups excluding carboxylic acids is 1. The fraction of sp³-hybridized carbons (Fsp3) is 0.538. The van der Waals surface area contributed by atoms with E-state index in [2.05, 4.69) is 0 Å². The molecule has 1 fully saturated rings. The lowest BCUT2D eigenvalue weighted by molar-refractivity contribution is -0.152. The number of carboxylic acid groups (broad SMARTS) is 1. The van der Waals surface area contributed by atoms with Gasteiger partial charge in [-0.25, -0.2) is 4.79 Å². The van der Waals surface area contributed by atoms with Gasteiger partial charge in [0.25, 0.3) is 0 Å². The van der Waals surface area contributed by atoms with Gasteiger partial charge in [0.15, 0.2) is 0 Å². The Morgan fingerprint density at radius 3 is 2.79 bits per heavy atom. The van der Waals surface area contributed by atoms with Crippen LogP contribution in [0.1, 0.15) is 37.0 Å². The number of hydrogen-bond donors (Lipinski definition) is 1. The fourth-order valence-corrected chi connectivity index (χ4v) is 3.49. The second kappa shape index (κ2) is 5.92. The van der Waals surface area contributed by atoms with Crippen LogP contribution in [0, 0.1) is 0 Å². The molecule has 2 heterocycles. The van der Waals surface area contributed by atoms with Gasteiger partial charge in [0.2, 0.25) is 5.91 Å². The summed E-state index contributed by atoms with van der Waals surface area (Å²) in [5, 5.41) is 9.20. The van der Waals surface area contributed by atoms with E-state index in [9.17, 15) is 14.7 Å². The first kappa shape index (κ1) is 14.3. The van der Waals surface area contributed by atoms with Crippen molar-refractivity contribution in [1.29, 1.82) is 0 Å². The first-order valence-corrected chi connectivity index (χ1v) is 7.48. The smallest absolute Gasteiger partial charge is 0.326 e. The fourth-order valence-electron chi connectivity index (χ4n) is 2.38. The summed E-state index contributed by atoms with van der Waals surface area (Å²) in [5.41, 5.74) is 0. The molecule has 19 heavy (non-hydrogen) atoms. The molecular weight excluding hydrogens is 286 g/mol. The van der Waals surface area contributed by atoms with Crippen molar-refractivity contribution >= 4 is 34.8 Å². The average molecular weight is 302 g/mol. The van der Waals surface area contributed by atoms with Crippen molar-refractivity contribution in [3.05, 3.63) is 21.3 Å². The predicted molar refractivity (Wildman–Crippen MR) is 74.7 cm³/mol. The Morgan fingerprint density at radius 1 is 1.47 bits per heavy atom. The van der Waals surface area contributed by atoms with Crippen LogP contribution < -0.4 is 0 Å². The molecule has 104 valence electrons. The van der Waals surface area contributed by atoms with E-state index in [0.29, 0.717) is 17.3 Å². The van der Waals surface area contributed by atoms with E-state index < -0.39 is 12.0 Å². The largest absolute Gasteiger partial charge is 0.480 e. The van der Waals surface area contributed by atoms with Crippen molar-refractivity contribution < 1.29 is 14.7 Å². The minimum absolute atomic E-state index is 0.120. The summed E-state index contributed by atoms with van der Waals surface area (Å²) in [6.07, 6.45) is 2.27. The summed E-state index contributed by atoms with van der Waals surface area (Å²) in [5.74, 6) is -1.37. The van der Waals surface area contributed by atoms with E-state index in [4.69, 9.17) is 11.6 Å². The molecule has 1 aromatic rings. The minimum atomic E-state index is -0.913. The summed E-state index contributed by atoms with van der Waals surface area (Å²) >= 11 is 7.24. The monoisotopic (exact) mass is 301 g/mol. The average Bonchev–Trinajstić information content (AvgIpc) is 2.83.